The van der Waals surface area contributed by atoms with Gasteiger partial charge in [-0.15, -0.1) is 0 Å². The molecule has 2 heterocycles. The highest BCUT2D eigenvalue weighted by Crippen LogP contribution is 2.38. The standard InChI is InChI=1S/C23H19BrF3N5O4/c24-13-4-7-17(16(10-13)23(25,26)27)30-15-6-5-14(28-12-15)11-29-20(34)22(8-9-22)32-21(35)36-19-3-1-2-18(33)31-19/h1-7,10,12,30H,8-9,11H2,(H,29,34)(H,31,33)(H,32,35). The number of carbonyl (C=O) groups excluding carboxylic acids is 2. The van der Waals surface area contributed by atoms with Gasteiger partial charge in [-0.05, 0) is 49.2 Å². The minimum absolute atomic E-state index is 0.0374. The lowest BCUT2D eigenvalue weighted by Crippen LogP contribution is -2.49. The number of H-pyrrole nitrogens is 1. The molecule has 1 aliphatic carbocycles. The summed E-state index contributed by atoms with van der Waals surface area (Å²) in [4.78, 5) is 42.5. The second-order valence-electron chi connectivity index (χ2n) is 8.01. The van der Waals surface area contributed by atoms with E-state index in [9.17, 15) is 27.6 Å². The number of anilines is 2. The topological polar surface area (TPSA) is 125 Å². The SMILES string of the molecule is O=C(NC1(C(=O)NCc2ccc(Nc3ccc(Br)cc3C(F)(F)F)cn2)CC1)Oc1cccc(=O)[nH]1. The van der Waals surface area contributed by atoms with Crippen molar-refractivity contribution in [2.24, 2.45) is 0 Å². The van der Waals surface area contributed by atoms with E-state index >= 15 is 0 Å². The molecular formula is C23H19BrF3N5O4. The van der Waals surface area contributed by atoms with E-state index in [1.165, 1.54) is 36.5 Å². The molecule has 188 valence electrons. The Kier molecular flexibility index (Phi) is 7.02. The number of aromatic nitrogens is 2. The number of carbonyl (C=O) groups is 2. The summed E-state index contributed by atoms with van der Waals surface area (Å²) in [7, 11) is 0. The second-order valence-corrected chi connectivity index (χ2v) is 8.93. The van der Waals surface area contributed by atoms with E-state index in [-0.39, 0.29) is 18.1 Å². The zero-order chi connectivity index (χ0) is 25.9. The maximum atomic E-state index is 13.3. The number of alkyl halides is 3. The van der Waals surface area contributed by atoms with Crippen LogP contribution in [0.2, 0.25) is 0 Å². The van der Waals surface area contributed by atoms with E-state index in [0.29, 0.717) is 28.7 Å². The van der Waals surface area contributed by atoms with Gasteiger partial charge >= 0.3 is 12.3 Å². The van der Waals surface area contributed by atoms with E-state index in [1.807, 2.05) is 0 Å². The zero-order valence-electron chi connectivity index (χ0n) is 18.4. The largest absolute Gasteiger partial charge is 0.418 e. The molecule has 1 aliphatic rings. The molecule has 4 N–H and O–H groups in total. The third-order valence-electron chi connectivity index (χ3n) is 5.29. The Labute approximate surface area is 210 Å². The first-order valence-electron chi connectivity index (χ1n) is 10.6. The zero-order valence-corrected chi connectivity index (χ0v) is 20.0. The Balaban J connectivity index is 1.32. The fourth-order valence-electron chi connectivity index (χ4n) is 3.30. The number of rotatable bonds is 7. The molecule has 1 aromatic carbocycles. The van der Waals surface area contributed by atoms with Gasteiger partial charge in [0.25, 0.3) is 5.56 Å². The Bertz CT molecular complexity index is 1340. The summed E-state index contributed by atoms with van der Waals surface area (Å²) in [5, 5.41) is 7.89. The van der Waals surface area contributed by atoms with Gasteiger partial charge in [-0.2, -0.15) is 13.2 Å². The smallest absolute Gasteiger partial charge is 0.393 e. The lowest BCUT2D eigenvalue weighted by Gasteiger charge is -2.17. The fourth-order valence-corrected chi connectivity index (χ4v) is 3.66. The molecule has 0 bridgehead atoms. The van der Waals surface area contributed by atoms with Gasteiger partial charge in [0, 0.05) is 10.5 Å². The van der Waals surface area contributed by atoms with Crippen LogP contribution in [-0.4, -0.2) is 27.5 Å². The lowest BCUT2D eigenvalue weighted by molar-refractivity contribution is -0.137. The van der Waals surface area contributed by atoms with Gasteiger partial charge < -0.3 is 20.7 Å². The molecule has 3 aromatic rings. The summed E-state index contributed by atoms with van der Waals surface area (Å²) in [5.41, 5.74) is -1.72. The third-order valence-corrected chi connectivity index (χ3v) is 5.78. The van der Waals surface area contributed by atoms with E-state index in [4.69, 9.17) is 4.74 Å². The van der Waals surface area contributed by atoms with Crippen molar-refractivity contribution in [2.45, 2.75) is 31.1 Å². The lowest BCUT2D eigenvalue weighted by atomic mass is 10.1. The minimum Gasteiger partial charge on any atom is -0.393 e. The van der Waals surface area contributed by atoms with Crippen molar-refractivity contribution in [3.8, 4) is 5.88 Å². The summed E-state index contributed by atoms with van der Waals surface area (Å²) >= 11 is 3.04. The van der Waals surface area contributed by atoms with Crippen LogP contribution in [0.1, 0.15) is 24.1 Å². The van der Waals surface area contributed by atoms with Gasteiger partial charge in [0.2, 0.25) is 11.8 Å². The van der Waals surface area contributed by atoms with Crippen molar-refractivity contribution >= 4 is 39.3 Å². The van der Waals surface area contributed by atoms with E-state index in [1.54, 1.807) is 12.1 Å². The number of halogens is 4. The molecule has 1 saturated carbocycles. The van der Waals surface area contributed by atoms with Crippen molar-refractivity contribution in [3.05, 3.63) is 80.8 Å². The maximum absolute atomic E-state index is 13.3. The molecule has 2 amide bonds. The van der Waals surface area contributed by atoms with Gasteiger partial charge in [-0.25, -0.2) is 4.79 Å². The highest BCUT2D eigenvalue weighted by Gasteiger charge is 2.51. The van der Waals surface area contributed by atoms with Crippen LogP contribution in [0.3, 0.4) is 0 Å². The number of benzene rings is 1. The van der Waals surface area contributed by atoms with Crippen LogP contribution in [-0.2, 0) is 17.5 Å². The van der Waals surface area contributed by atoms with Crippen LogP contribution in [0.4, 0.5) is 29.3 Å². The van der Waals surface area contributed by atoms with Crippen LogP contribution < -0.4 is 26.2 Å². The average molecular weight is 566 g/mol. The highest BCUT2D eigenvalue weighted by atomic mass is 79.9. The van der Waals surface area contributed by atoms with Crippen LogP contribution in [0, 0.1) is 0 Å². The van der Waals surface area contributed by atoms with Crippen LogP contribution in [0.25, 0.3) is 0 Å². The van der Waals surface area contributed by atoms with Gasteiger partial charge in [0.05, 0.1) is 35.4 Å². The molecule has 2 aromatic heterocycles. The summed E-state index contributed by atoms with van der Waals surface area (Å²) in [6, 6.07) is 11.0. The molecule has 0 spiro atoms. The number of aromatic amines is 1. The van der Waals surface area contributed by atoms with E-state index < -0.39 is 34.8 Å². The number of hydrogen-bond acceptors (Lipinski definition) is 6. The monoisotopic (exact) mass is 565 g/mol. The number of ether oxygens (including phenoxy) is 1. The van der Waals surface area contributed by atoms with Crippen LogP contribution >= 0.6 is 15.9 Å². The van der Waals surface area contributed by atoms with Gasteiger partial charge in [0.15, 0.2) is 0 Å². The Morgan fingerprint density at radius 1 is 1.14 bits per heavy atom. The van der Waals surface area contributed by atoms with E-state index in [0.717, 1.165) is 6.07 Å². The molecule has 9 nitrogen and oxygen atoms in total. The molecule has 0 radical (unpaired) electrons. The first kappa shape index (κ1) is 25.2. The van der Waals surface area contributed by atoms with Crippen molar-refractivity contribution in [2.75, 3.05) is 5.32 Å². The number of nitrogens with zero attached hydrogens (tertiary/aromatic N) is 1. The molecule has 0 atom stereocenters. The Morgan fingerprint density at radius 3 is 2.56 bits per heavy atom. The fraction of sp³-hybridized carbons (Fsp3) is 0.217. The number of nitrogens with one attached hydrogen (secondary N) is 4. The third kappa shape index (κ3) is 6.22. The van der Waals surface area contributed by atoms with Gasteiger partial charge in [0.1, 0.15) is 5.54 Å². The van der Waals surface area contributed by atoms with Gasteiger partial charge in [-0.3, -0.25) is 19.6 Å². The normalized spacial score (nSPS) is 14.0. The number of hydrogen-bond donors (Lipinski definition) is 4. The molecule has 1 fully saturated rings. The van der Waals surface area contributed by atoms with Crippen LogP contribution in [0.5, 0.6) is 5.88 Å². The number of pyridine rings is 2. The molecular weight excluding hydrogens is 547 g/mol. The molecule has 0 saturated heterocycles. The summed E-state index contributed by atoms with van der Waals surface area (Å²) in [6.07, 6.45) is -3.26. The summed E-state index contributed by atoms with van der Waals surface area (Å²) in [5.74, 6) is -0.491. The molecule has 0 unspecified atom stereocenters. The first-order chi connectivity index (χ1) is 17.0. The molecule has 0 aliphatic heterocycles. The van der Waals surface area contributed by atoms with Crippen molar-refractivity contribution in [1.29, 1.82) is 0 Å². The molecule has 36 heavy (non-hydrogen) atoms. The molecule has 4 rings (SSSR count). The van der Waals surface area contributed by atoms with Gasteiger partial charge in [-0.1, -0.05) is 22.0 Å². The van der Waals surface area contributed by atoms with Crippen molar-refractivity contribution < 1.29 is 27.5 Å². The number of amides is 2. The van der Waals surface area contributed by atoms with Crippen molar-refractivity contribution in [1.82, 2.24) is 20.6 Å². The predicted octanol–water partition coefficient (Wildman–Crippen LogP) is 4.23. The Morgan fingerprint density at radius 2 is 1.92 bits per heavy atom. The quantitative estimate of drug-likeness (QED) is 0.339. The van der Waals surface area contributed by atoms with Crippen molar-refractivity contribution in [3.63, 3.8) is 0 Å². The summed E-state index contributed by atoms with van der Waals surface area (Å²) < 4.78 is 45.2. The maximum Gasteiger partial charge on any atom is 0.418 e. The second kappa shape index (κ2) is 10.0. The molecule has 13 heteroatoms. The Hall–Kier alpha value is -3.87. The van der Waals surface area contributed by atoms with Crippen LogP contribution in [0.15, 0.2) is 64.0 Å². The first-order valence-corrected chi connectivity index (χ1v) is 11.4. The minimum atomic E-state index is -4.54. The summed E-state index contributed by atoms with van der Waals surface area (Å²) in [6.45, 7) is 0.0374. The average Bonchev–Trinajstić information content (AvgIpc) is 3.59. The van der Waals surface area contributed by atoms with E-state index in [2.05, 4.69) is 41.8 Å². The highest BCUT2D eigenvalue weighted by molar-refractivity contribution is 9.10. The predicted molar refractivity (Wildman–Crippen MR) is 127 cm³/mol.